The highest BCUT2D eigenvalue weighted by Crippen LogP contribution is 2.27. The van der Waals surface area contributed by atoms with E-state index in [-0.39, 0.29) is 11.7 Å². The Bertz CT molecular complexity index is 912. The lowest BCUT2D eigenvalue weighted by atomic mass is 10.1. The molecule has 1 atom stereocenters. The molecule has 0 radical (unpaired) electrons. The molecule has 0 aliphatic heterocycles. The number of fused-ring (bicyclic) bond motifs is 1. The molecule has 7 heteroatoms. The molecule has 3 rings (SSSR count). The SMILES string of the molecule is CC(=O)Nc1ccc(NC(=O)[C@H](C)OC(=O)CSc2ccc3c(c2)CCC3)cc1. The van der Waals surface area contributed by atoms with Crippen molar-refractivity contribution in [3.8, 4) is 0 Å². The van der Waals surface area contributed by atoms with Gasteiger partial charge in [0.25, 0.3) is 5.91 Å². The number of amides is 2. The van der Waals surface area contributed by atoms with Gasteiger partial charge in [0.2, 0.25) is 5.91 Å². The number of carbonyl (C=O) groups excluding carboxylic acids is 3. The fourth-order valence-corrected chi connectivity index (χ4v) is 3.89. The van der Waals surface area contributed by atoms with Gasteiger partial charge >= 0.3 is 5.97 Å². The molecule has 6 nitrogen and oxygen atoms in total. The van der Waals surface area contributed by atoms with Gasteiger partial charge in [-0.3, -0.25) is 14.4 Å². The van der Waals surface area contributed by atoms with Crippen LogP contribution in [0.25, 0.3) is 0 Å². The maximum Gasteiger partial charge on any atom is 0.317 e. The summed E-state index contributed by atoms with van der Waals surface area (Å²) in [5.41, 5.74) is 3.95. The van der Waals surface area contributed by atoms with Gasteiger partial charge in [-0.05, 0) is 73.7 Å². The van der Waals surface area contributed by atoms with Gasteiger partial charge in [-0.15, -0.1) is 11.8 Å². The third-order valence-corrected chi connectivity index (χ3v) is 5.54. The summed E-state index contributed by atoms with van der Waals surface area (Å²) in [6.45, 7) is 2.97. The van der Waals surface area contributed by atoms with Gasteiger partial charge in [0.1, 0.15) is 0 Å². The first-order valence-electron chi connectivity index (χ1n) is 9.53. The van der Waals surface area contributed by atoms with E-state index in [0.29, 0.717) is 11.4 Å². The predicted molar refractivity (Wildman–Crippen MR) is 114 cm³/mol. The Balaban J connectivity index is 1.45. The lowest BCUT2D eigenvalue weighted by Gasteiger charge is -2.14. The van der Waals surface area contributed by atoms with E-state index in [1.807, 2.05) is 6.07 Å². The lowest BCUT2D eigenvalue weighted by molar-refractivity contribution is -0.150. The standard InChI is InChI=1S/C22H24N2O4S/c1-14(22(27)24-19-9-7-18(8-10-19)23-15(2)25)28-21(26)13-29-20-11-6-16-4-3-5-17(16)12-20/h6-12,14H,3-5,13H2,1-2H3,(H,23,25)(H,24,27)/t14-/m0/s1. The number of benzene rings is 2. The van der Waals surface area contributed by atoms with E-state index in [1.165, 1.54) is 36.2 Å². The van der Waals surface area contributed by atoms with E-state index in [4.69, 9.17) is 4.74 Å². The third kappa shape index (κ3) is 6.09. The van der Waals surface area contributed by atoms with E-state index in [1.54, 1.807) is 31.2 Å². The van der Waals surface area contributed by atoms with Gasteiger partial charge in [-0.2, -0.15) is 0 Å². The molecule has 0 saturated carbocycles. The highest BCUT2D eigenvalue weighted by atomic mass is 32.2. The van der Waals surface area contributed by atoms with Crippen LogP contribution < -0.4 is 10.6 Å². The van der Waals surface area contributed by atoms with Crippen molar-refractivity contribution >= 4 is 40.9 Å². The van der Waals surface area contributed by atoms with Crippen LogP contribution in [0, 0.1) is 0 Å². The number of aryl methyl sites for hydroxylation is 2. The molecular formula is C22H24N2O4S. The van der Waals surface area contributed by atoms with Crippen molar-refractivity contribution in [2.75, 3.05) is 16.4 Å². The zero-order valence-corrected chi connectivity index (χ0v) is 17.3. The van der Waals surface area contributed by atoms with Gasteiger partial charge in [-0.25, -0.2) is 0 Å². The molecule has 2 N–H and O–H groups in total. The summed E-state index contributed by atoms with van der Waals surface area (Å²) in [7, 11) is 0. The Morgan fingerprint density at radius 2 is 1.66 bits per heavy atom. The van der Waals surface area contributed by atoms with Crippen molar-refractivity contribution in [3.63, 3.8) is 0 Å². The summed E-state index contributed by atoms with van der Waals surface area (Å²) in [5, 5.41) is 5.35. The Hall–Kier alpha value is -2.80. The Morgan fingerprint density at radius 3 is 2.34 bits per heavy atom. The van der Waals surface area contributed by atoms with Crippen LogP contribution in [-0.2, 0) is 32.0 Å². The minimum Gasteiger partial charge on any atom is -0.452 e. The van der Waals surface area contributed by atoms with Crippen LogP contribution in [0.3, 0.4) is 0 Å². The quantitative estimate of drug-likeness (QED) is 0.534. The minimum atomic E-state index is -0.904. The van der Waals surface area contributed by atoms with Crippen LogP contribution in [-0.4, -0.2) is 29.6 Å². The largest absolute Gasteiger partial charge is 0.452 e. The van der Waals surface area contributed by atoms with Crippen LogP contribution in [0.2, 0.25) is 0 Å². The summed E-state index contributed by atoms with van der Waals surface area (Å²) < 4.78 is 5.25. The smallest absolute Gasteiger partial charge is 0.317 e. The van der Waals surface area contributed by atoms with Crippen LogP contribution >= 0.6 is 11.8 Å². The molecular weight excluding hydrogens is 388 g/mol. The van der Waals surface area contributed by atoms with Gasteiger partial charge < -0.3 is 15.4 Å². The highest BCUT2D eigenvalue weighted by Gasteiger charge is 2.18. The van der Waals surface area contributed by atoms with Crippen molar-refractivity contribution in [2.45, 2.75) is 44.1 Å². The van der Waals surface area contributed by atoms with Crippen LogP contribution in [0.1, 0.15) is 31.4 Å². The van der Waals surface area contributed by atoms with E-state index in [9.17, 15) is 14.4 Å². The molecule has 1 aliphatic carbocycles. The first-order valence-corrected chi connectivity index (χ1v) is 10.5. The van der Waals surface area contributed by atoms with Crippen LogP contribution in [0.15, 0.2) is 47.4 Å². The molecule has 29 heavy (non-hydrogen) atoms. The fraction of sp³-hybridized carbons (Fsp3) is 0.318. The molecule has 0 bridgehead atoms. The van der Waals surface area contributed by atoms with Crippen molar-refractivity contribution in [1.82, 2.24) is 0 Å². The minimum absolute atomic E-state index is 0.155. The second-order valence-electron chi connectivity index (χ2n) is 6.95. The Kier molecular flexibility index (Phi) is 6.93. The summed E-state index contributed by atoms with van der Waals surface area (Å²) in [6, 6.07) is 13.0. The number of anilines is 2. The molecule has 0 aromatic heterocycles. The van der Waals surface area contributed by atoms with Crippen LogP contribution in [0.5, 0.6) is 0 Å². The summed E-state index contributed by atoms with van der Waals surface area (Å²) >= 11 is 1.42. The number of rotatable bonds is 7. The van der Waals surface area contributed by atoms with E-state index >= 15 is 0 Å². The number of ether oxygens (including phenoxy) is 1. The zero-order chi connectivity index (χ0) is 20.8. The fourth-order valence-electron chi connectivity index (χ4n) is 3.15. The number of esters is 1. The van der Waals surface area contributed by atoms with E-state index in [2.05, 4.69) is 22.8 Å². The monoisotopic (exact) mass is 412 g/mol. The lowest BCUT2D eigenvalue weighted by Crippen LogP contribution is -2.30. The number of hydrogen-bond donors (Lipinski definition) is 2. The van der Waals surface area contributed by atoms with Gasteiger partial charge in [0.05, 0.1) is 5.75 Å². The first kappa shape index (κ1) is 20.9. The third-order valence-electron chi connectivity index (χ3n) is 4.58. The molecule has 2 amide bonds. The van der Waals surface area contributed by atoms with Gasteiger partial charge in [0.15, 0.2) is 6.10 Å². The Morgan fingerprint density at radius 1 is 1.00 bits per heavy atom. The maximum absolute atomic E-state index is 12.2. The highest BCUT2D eigenvalue weighted by molar-refractivity contribution is 8.00. The second kappa shape index (κ2) is 9.60. The second-order valence-corrected chi connectivity index (χ2v) is 8.00. The number of nitrogens with one attached hydrogen (secondary N) is 2. The Labute approximate surface area is 174 Å². The van der Waals surface area contributed by atoms with Gasteiger partial charge in [0, 0.05) is 23.2 Å². The molecule has 0 unspecified atom stereocenters. The number of hydrogen-bond acceptors (Lipinski definition) is 5. The zero-order valence-electron chi connectivity index (χ0n) is 16.5. The van der Waals surface area contributed by atoms with Gasteiger partial charge in [-0.1, -0.05) is 6.07 Å². The van der Waals surface area contributed by atoms with Crippen molar-refractivity contribution < 1.29 is 19.1 Å². The molecule has 152 valence electrons. The summed E-state index contributed by atoms with van der Waals surface area (Å²) in [5.74, 6) is -0.852. The molecule has 2 aromatic carbocycles. The number of thioether (sulfide) groups is 1. The summed E-state index contributed by atoms with van der Waals surface area (Å²) in [4.78, 5) is 36.4. The van der Waals surface area contributed by atoms with E-state index in [0.717, 1.165) is 17.7 Å². The van der Waals surface area contributed by atoms with Crippen LogP contribution in [0.4, 0.5) is 11.4 Å². The summed E-state index contributed by atoms with van der Waals surface area (Å²) in [6.07, 6.45) is 2.51. The first-order chi connectivity index (χ1) is 13.9. The average Bonchev–Trinajstić information content (AvgIpc) is 3.15. The van der Waals surface area contributed by atoms with Crippen molar-refractivity contribution in [1.29, 1.82) is 0 Å². The molecule has 0 saturated heterocycles. The molecule has 1 aliphatic rings. The normalized spacial score (nSPS) is 13.3. The molecule has 2 aromatic rings. The average molecular weight is 413 g/mol. The molecule has 0 fully saturated rings. The predicted octanol–water partition coefficient (Wildman–Crippen LogP) is 3.80. The maximum atomic E-state index is 12.2. The molecule has 0 spiro atoms. The topological polar surface area (TPSA) is 84.5 Å². The molecule has 0 heterocycles. The number of carbonyl (C=O) groups is 3. The van der Waals surface area contributed by atoms with Crippen molar-refractivity contribution in [3.05, 3.63) is 53.6 Å². The van der Waals surface area contributed by atoms with Crippen molar-refractivity contribution in [2.24, 2.45) is 0 Å². The van der Waals surface area contributed by atoms with E-state index < -0.39 is 18.0 Å².